The van der Waals surface area contributed by atoms with Gasteiger partial charge in [-0.05, 0) is 0 Å². The Balaban J connectivity index is 2.02. The third-order valence-electron chi connectivity index (χ3n) is 2.82. The van der Waals surface area contributed by atoms with E-state index in [9.17, 15) is 19.2 Å². The number of rotatable bonds is 12. The van der Waals surface area contributed by atoms with Crippen molar-refractivity contribution >= 4 is 23.8 Å². The van der Waals surface area contributed by atoms with Crippen LogP contribution < -0.4 is 0 Å². The van der Waals surface area contributed by atoms with E-state index in [2.05, 4.69) is 4.84 Å². The molecule has 0 radical (unpaired) electrons. The predicted octanol–water partition coefficient (Wildman–Crippen LogP) is -0.446. The molecule has 0 saturated carbocycles. The Hall–Kier alpha value is -2.04. The molecule has 1 aliphatic rings. The van der Waals surface area contributed by atoms with Crippen LogP contribution in [0.1, 0.15) is 25.7 Å². The van der Waals surface area contributed by atoms with Gasteiger partial charge in [-0.2, -0.15) is 0 Å². The quantitative estimate of drug-likeness (QED) is 0.200. The maximum atomic E-state index is 11.5. The van der Waals surface area contributed by atoms with Crippen LogP contribution in [0, 0.1) is 0 Å². The number of hydroxylamine groups is 2. The summed E-state index contributed by atoms with van der Waals surface area (Å²) in [5.41, 5.74) is 0. The van der Waals surface area contributed by atoms with Gasteiger partial charge in [-0.1, -0.05) is 0 Å². The highest BCUT2D eigenvalue weighted by molar-refractivity contribution is 6.01. The van der Waals surface area contributed by atoms with E-state index in [1.54, 1.807) is 7.11 Å². The molecule has 10 heteroatoms. The summed E-state index contributed by atoms with van der Waals surface area (Å²) < 4.78 is 19.7. The van der Waals surface area contributed by atoms with Crippen molar-refractivity contribution in [1.82, 2.24) is 5.06 Å². The van der Waals surface area contributed by atoms with Crippen LogP contribution in [0.2, 0.25) is 0 Å². The van der Waals surface area contributed by atoms with E-state index in [1.807, 2.05) is 0 Å². The van der Waals surface area contributed by atoms with Crippen LogP contribution in [0.15, 0.2) is 0 Å². The molecule has 0 N–H and O–H groups in total. The number of amides is 2. The van der Waals surface area contributed by atoms with Crippen molar-refractivity contribution in [2.45, 2.75) is 25.7 Å². The summed E-state index contributed by atoms with van der Waals surface area (Å²) >= 11 is 0. The molecule has 1 heterocycles. The molecule has 0 bridgehead atoms. The Labute approximate surface area is 138 Å². The van der Waals surface area contributed by atoms with Gasteiger partial charge >= 0.3 is 11.9 Å². The van der Waals surface area contributed by atoms with Crippen LogP contribution in [0.25, 0.3) is 0 Å². The molecule has 1 saturated heterocycles. The summed E-state index contributed by atoms with van der Waals surface area (Å²) in [7, 11) is 1.56. The lowest BCUT2D eigenvalue weighted by molar-refractivity contribution is -0.197. The standard InChI is InChI=1S/C14H21NO9/c1-20-6-7-21-10-22-8-9-23-13(18)4-5-14(19)24-15-11(16)2-3-12(15)17/h2-10H2,1H3. The number of hydrogen-bond acceptors (Lipinski definition) is 9. The van der Waals surface area contributed by atoms with Crippen molar-refractivity contribution in [1.29, 1.82) is 0 Å². The summed E-state index contributed by atoms with van der Waals surface area (Å²) in [6.07, 6.45) is -0.483. The molecule has 24 heavy (non-hydrogen) atoms. The Kier molecular flexibility index (Phi) is 9.58. The van der Waals surface area contributed by atoms with Gasteiger partial charge in [-0.25, -0.2) is 4.79 Å². The zero-order chi connectivity index (χ0) is 17.8. The molecule has 1 fully saturated rings. The number of carbonyl (C=O) groups excluding carboxylic acids is 4. The van der Waals surface area contributed by atoms with Gasteiger partial charge in [0.05, 0.1) is 32.7 Å². The molecule has 0 aliphatic carbocycles. The van der Waals surface area contributed by atoms with Crippen LogP contribution in [0.3, 0.4) is 0 Å². The molecule has 10 nitrogen and oxygen atoms in total. The van der Waals surface area contributed by atoms with E-state index in [1.165, 1.54) is 0 Å². The highest BCUT2D eigenvalue weighted by atomic mass is 16.7. The van der Waals surface area contributed by atoms with Crippen molar-refractivity contribution in [2.75, 3.05) is 40.3 Å². The molecule has 0 atom stereocenters. The second-order valence-corrected chi connectivity index (χ2v) is 4.69. The minimum Gasteiger partial charge on any atom is -0.463 e. The first kappa shape index (κ1) is 20.0. The summed E-state index contributed by atoms with van der Waals surface area (Å²) in [6, 6.07) is 0. The number of esters is 1. The maximum Gasteiger partial charge on any atom is 0.333 e. The van der Waals surface area contributed by atoms with Gasteiger partial charge in [0.15, 0.2) is 0 Å². The third-order valence-corrected chi connectivity index (χ3v) is 2.82. The second-order valence-electron chi connectivity index (χ2n) is 4.69. The van der Waals surface area contributed by atoms with Crippen molar-refractivity contribution in [3.8, 4) is 0 Å². The minimum atomic E-state index is -0.849. The molecule has 0 unspecified atom stereocenters. The van der Waals surface area contributed by atoms with Gasteiger partial charge in [-0.15, -0.1) is 5.06 Å². The van der Waals surface area contributed by atoms with E-state index in [-0.39, 0.29) is 45.7 Å². The van der Waals surface area contributed by atoms with Crippen molar-refractivity contribution in [2.24, 2.45) is 0 Å². The molecule has 1 aliphatic heterocycles. The Morgan fingerprint density at radius 3 is 2.12 bits per heavy atom. The number of nitrogens with zero attached hydrogens (tertiary/aromatic N) is 1. The SMILES string of the molecule is COCCOCOCCOC(=O)CCC(=O)ON1C(=O)CCC1=O. The first-order chi connectivity index (χ1) is 11.5. The molecular formula is C14H21NO9. The maximum absolute atomic E-state index is 11.5. The summed E-state index contributed by atoms with van der Waals surface area (Å²) in [4.78, 5) is 50.0. The normalized spacial score (nSPS) is 14.1. The zero-order valence-corrected chi connectivity index (χ0v) is 13.5. The van der Waals surface area contributed by atoms with E-state index >= 15 is 0 Å². The number of methoxy groups -OCH3 is 1. The smallest absolute Gasteiger partial charge is 0.333 e. The van der Waals surface area contributed by atoms with Gasteiger partial charge in [0.25, 0.3) is 11.8 Å². The summed E-state index contributed by atoms with van der Waals surface area (Å²) in [5.74, 6) is -2.60. The molecule has 136 valence electrons. The lowest BCUT2D eigenvalue weighted by atomic mass is 10.3. The molecule has 0 spiro atoms. The number of imide groups is 1. The van der Waals surface area contributed by atoms with Gasteiger partial charge in [0, 0.05) is 20.0 Å². The fourth-order valence-corrected chi connectivity index (χ4v) is 1.62. The first-order valence-electron chi connectivity index (χ1n) is 7.41. The number of hydrogen-bond donors (Lipinski definition) is 0. The third kappa shape index (κ3) is 7.99. The average molecular weight is 347 g/mol. The molecule has 2 amide bonds. The van der Waals surface area contributed by atoms with Gasteiger partial charge in [-0.3, -0.25) is 14.4 Å². The van der Waals surface area contributed by atoms with Crippen LogP contribution in [-0.2, 0) is 43.0 Å². The highest BCUT2D eigenvalue weighted by Crippen LogP contribution is 2.13. The summed E-state index contributed by atoms with van der Waals surface area (Å²) in [6.45, 7) is 1.10. The predicted molar refractivity (Wildman–Crippen MR) is 76.0 cm³/mol. The number of carbonyl (C=O) groups is 4. The number of ether oxygens (including phenoxy) is 4. The van der Waals surface area contributed by atoms with Crippen molar-refractivity contribution < 1.29 is 43.0 Å². The van der Waals surface area contributed by atoms with Crippen LogP contribution in [0.5, 0.6) is 0 Å². The van der Waals surface area contributed by atoms with Crippen LogP contribution in [0.4, 0.5) is 0 Å². The van der Waals surface area contributed by atoms with Crippen molar-refractivity contribution in [3.63, 3.8) is 0 Å². The average Bonchev–Trinajstić information content (AvgIpc) is 2.87. The lowest BCUT2D eigenvalue weighted by Crippen LogP contribution is -2.32. The zero-order valence-electron chi connectivity index (χ0n) is 13.5. The largest absolute Gasteiger partial charge is 0.463 e. The molecule has 0 aromatic heterocycles. The van der Waals surface area contributed by atoms with Gasteiger partial charge < -0.3 is 23.8 Å². The van der Waals surface area contributed by atoms with E-state index in [0.29, 0.717) is 18.3 Å². The topological polar surface area (TPSA) is 118 Å². The monoisotopic (exact) mass is 347 g/mol. The molecule has 0 aromatic rings. The van der Waals surface area contributed by atoms with Crippen molar-refractivity contribution in [3.05, 3.63) is 0 Å². The second kappa shape index (κ2) is 11.5. The Morgan fingerprint density at radius 2 is 1.50 bits per heavy atom. The van der Waals surface area contributed by atoms with Gasteiger partial charge in [0.2, 0.25) is 0 Å². The van der Waals surface area contributed by atoms with E-state index in [0.717, 1.165) is 0 Å². The van der Waals surface area contributed by atoms with Crippen LogP contribution >= 0.6 is 0 Å². The molecule has 0 aromatic carbocycles. The molecular weight excluding hydrogens is 326 g/mol. The van der Waals surface area contributed by atoms with Gasteiger partial charge in [0.1, 0.15) is 13.4 Å². The minimum absolute atomic E-state index is 0.0172. The highest BCUT2D eigenvalue weighted by Gasteiger charge is 2.32. The Morgan fingerprint density at radius 1 is 0.917 bits per heavy atom. The first-order valence-corrected chi connectivity index (χ1v) is 7.41. The van der Waals surface area contributed by atoms with E-state index in [4.69, 9.17) is 18.9 Å². The van der Waals surface area contributed by atoms with Crippen LogP contribution in [-0.4, -0.2) is 69.1 Å². The summed E-state index contributed by atoms with van der Waals surface area (Å²) in [5, 5.41) is 0.436. The lowest BCUT2D eigenvalue weighted by Gasteiger charge is -2.12. The molecule has 1 rings (SSSR count). The van der Waals surface area contributed by atoms with E-state index < -0.39 is 23.8 Å². The Bertz CT molecular complexity index is 436. The fraction of sp³-hybridized carbons (Fsp3) is 0.714. The fourth-order valence-electron chi connectivity index (χ4n) is 1.62.